The van der Waals surface area contributed by atoms with Gasteiger partial charge in [0.2, 0.25) is 0 Å². The van der Waals surface area contributed by atoms with Gasteiger partial charge in [0.25, 0.3) is 4.52 Å². The first-order chi connectivity index (χ1) is 10.5. The number of rotatable bonds is 2. The Morgan fingerprint density at radius 1 is 1.05 bits per heavy atom. The summed E-state index contributed by atoms with van der Waals surface area (Å²) in [5.74, 6) is 0. The molecule has 1 aromatic heterocycles. The monoisotopic (exact) mass is 331 g/mol. The zero-order chi connectivity index (χ0) is 15.7. The van der Waals surface area contributed by atoms with Crippen LogP contribution >= 0.6 is 23.2 Å². The molecule has 0 saturated carbocycles. The molecule has 1 heterocycles. The maximum Gasteiger partial charge on any atom is 0.421 e. The van der Waals surface area contributed by atoms with Gasteiger partial charge < -0.3 is 4.74 Å². The minimum atomic E-state index is -1.78. The Hall–Kier alpha value is -1.97. The highest BCUT2D eigenvalue weighted by molar-refractivity contribution is 6.47. The van der Waals surface area contributed by atoms with Gasteiger partial charge in [-0.1, -0.05) is 71.7 Å². The van der Waals surface area contributed by atoms with Crippen molar-refractivity contribution in [1.29, 1.82) is 0 Å². The molecule has 3 aromatic rings. The third-order valence-electron chi connectivity index (χ3n) is 3.26. The van der Waals surface area contributed by atoms with Crippen molar-refractivity contribution in [1.82, 2.24) is 4.57 Å². The van der Waals surface area contributed by atoms with Gasteiger partial charge >= 0.3 is 6.09 Å². The molecule has 0 aliphatic rings. The summed E-state index contributed by atoms with van der Waals surface area (Å²) in [5, 5.41) is 0.758. The molecule has 0 aliphatic carbocycles. The lowest BCUT2D eigenvalue weighted by atomic mass is 10.2. The minimum Gasteiger partial charge on any atom is -0.407 e. The Kier molecular flexibility index (Phi) is 3.85. The minimum absolute atomic E-state index is 0.469. The van der Waals surface area contributed by atoms with Crippen LogP contribution in [0.3, 0.4) is 0 Å². The Morgan fingerprint density at radius 3 is 2.41 bits per heavy atom. The van der Waals surface area contributed by atoms with Crippen molar-refractivity contribution in [3.05, 3.63) is 78.8 Å². The van der Waals surface area contributed by atoms with E-state index in [1.807, 2.05) is 18.2 Å². The summed E-state index contributed by atoms with van der Waals surface area (Å²) < 4.78 is 4.74. The Morgan fingerprint density at radius 2 is 1.68 bits per heavy atom. The third-order valence-corrected chi connectivity index (χ3v) is 3.86. The Bertz CT molecular complexity index is 825. The summed E-state index contributed by atoms with van der Waals surface area (Å²) in [6, 6.07) is 15.9. The van der Waals surface area contributed by atoms with Crippen LogP contribution in [0, 0.1) is 6.92 Å². The molecule has 0 spiro atoms. The number of carbonyl (C=O) groups is 1. The topological polar surface area (TPSA) is 31.2 Å². The van der Waals surface area contributed by atoms with E-state index in [2.05, 4.69) is 0 Å². The predicted molar refractivity (Wildman–Crippen MR) is 87.0 cm³/mol. The first-order valence-electron chi connectivity index (χ1n) is 6.51. The summed E-state index contributed by atoms with van der Waals surface area (Å²) in [7, 11) is 0. The zero-order valence-electron chi connectivity index (χ0n) is 11.4. The first-order valence-corrected chi connectivity index (χ1v) is 7.27. The molecule has 2 aromatic carbocycles. The molecular weight excluding hydrogens is 321 g/mol. The molecule has 0 atom stereocenters. The summed E-state index contributed by atoms with van der Waals surface area (Å²) in [6.07, 6.45) is 0.781. The number of para-hydroxylation sites is 1. The smallest absolute Gasteiger partial charge is 0.407 e. The molecule has 22 heavy (non-hydrogen) atoms. The third kappa shape index (κ3) is 2.70. The molecule has 0 saturated heterocycles. The van der Waals surface area contributed by atoms with Gasteiger partial charge in [-0.2, -0.15) is 0 Å². The second-order valence-corrected chi connectivity index (χ2v) is 5.98. The van der Waals surface area contributed by atoms with Crippen molar-refractivity contribution in [2.45, 2.75) is 4.52 Å². The van der Waals surface area contributed by atoms with E-state index in [1.54, 1.807) is 36.4 Å². The van der Waals surface area contributed by atoms with Gasteiger partial charge in [0.1, 0.15) is 0 Å². The largest absolute Gasteiger partial charge is 0.421 e. The molecule has 3 rings (SSSR count). The summed E-state index contributed by atoms with van der Waals surface area (Å²) in [5.41, 5.74) is 1.57. The van der Waals surface area contributed by atoms with Crippen LogP contribution in [0.5, 0.6) is 0 Å². The quantitative estimate of drug-likeness (QED) is 0.620. The molecule has 0 bridgehead atoms. The van der Waals surface area contributed by atoms with Crippen molar-refractivity contribution in [3.8, 4) is 0 Å². The predicted octanol–water partition coefficient (Wildman–Crippen LogP) is 4.97. The fraction of sp³-hybridized carbons (Fsp3) is 0.0588. The van der Waals surface area contributed by atoms with E-state index in [-0.39, 0.29) is 0 Å². The summed E-state index contributed by atoms with van der Waals surface area (Å²) in [4.78, 5) is 12.4. The number of nitrogens with zero attached hydrogens (tertiary/aromatic N) is 1. The second kappa shape index (κ2) is 5.67. The van der Waals surface area contributed by atoms with E-state index in [4.69, 9.17) is 34.9 Å². The van der Waals surface area contributed by atoms with E-state index < -0.39 is 10.6 Å². The number of halogens is 2. The van der Waals surface area contributed by atoms with Crippen molar-refractivity contribution in [2.75, 3.05) is 0 Å². The number of fused-ring (bicyclic) bond motifs is 1. The number of alkyl halides is 2. The Balaban J connectivity index is 1.94. The fourth-order valence-corrected chi connectivity index (χ4v) is 2.59. The van der Waals surface area contributed by atoms with Crippen LogP contribution in [0.2, 0.25) is 0 Å². The normalized spacial score (nSPS) is 11.6. The maximum absolute atomic E-state index is 12.4. The van der Waals surface area contributed by atoms with Crippen LogP contribution in [0.25, 0.3) is 10.9 Å². The molecule has 0 fully saturated rings. The van der Waals surface area contributed by atoms with E-state index >= 15 is 0 Å². The molecular formula is C17H11Cl2NO2. The molecule has 2 radical (unpaired) electrons. The van der Waals surface area contributed by atoms with Gasteiger partial charge in [0.05, 0.1) is 5.52 Å². The highest BCUT2D eigenvalue weighted by atomic mass is 35.5. The maximum atomic E-state index is 12.4. The average Bonchev–Trinajstić information content (AvgIpc) is 2.86. The molecule has 5 heteroatoms. The number of ether oxygens (including phenoxy) is 1. The van der Waals surface area contributed by atoms with Gasteiger partial charge in [-0.15, -0.1) is 0 Å². The lowest BCUT2D eigenvalue weighted by molar-refractivity contribution is 0.117. The van der Waals surface area contributed by atoms with Crippen molar-refractivity contribution in [2.24, 2.45) is 0 Å². The zero-order valence-corrected chi connectivity index (χ0v) is 12.9. The lowest BCUT2D eigenvalue weighted by Gasteiger charge is -2.20. The number of hydrogen-bond donors (Lipinski definition) is 0. The summed E-state index contributed by atoms with van der Waals surface area (Å²) in [6.45, 7) is 5.90. The molecule has 0 unspecified atom stereocenters. The summed E-state index contributed by atoms with van der Waals surface area (Å²) >= 11 is 12.3. The standard InChI is InChI=1S/C17H11Cl2NO2/c1-12-11-20(15-10-6-5-9-14(12)15)16(21)22-17(18,19)13-7-3-2-4-8-13/h1-11H. The van der Waals surface area contributed by atoms with E-state index in [1.165, 1.54) is 10.8 Å². The van der Waals surface area contributed by atoms with Crippen molar-refractivity contribution >= 4 is 40.2 Å². The number of carbonyl (C=O) groups excluding carboxylic acids is 1. The average molecular weight is 332 g/mol. The van der Waals surface area contributed by atoms with Crippen LogP contribution in [0.4, 0.5) is 4.79 Å². The first kappa shape index (κ1) is 14.9. The van der Waals surface area contributed by atoms with Crippen LogP contribution in [0.15, 0.2) is 60.8 Å². The lowest BCUT2D eigenvalue weighted by Crippen LogP contribution is -2.23. The Labute approximate surface area is 138 Å². The van der Waals surface area contributed by atoms with Gasteiger partial charge in [-0.05, 0) is 11.6 Å². The van der Waals surface area contributed by atoms with Crippen LogP contribution in [-0.4, -0.2) is 10.7 Å². The molecule has 110 valence electrons. The molecule has 0 N–H and O–H groups in total. The van der Waals surface area contributed by atoms with E-state index in [0.29, 0.717) is 16.6 Å². The van der Waals surface area contributed by atoms with Crippen LogP contribution in [-0.2, 0) is 9.26 Å². The van der Waals surface area contributed by atoms with E-state index in [0.717, 1.165) is 5.39 Å². The second-order valence-electron chi connectivity index (χ2n) is 4.72. The SMILES string of the molecule is [CH]c1cn(C(=O)OC(Cl)(Cl)c2ccccc2)c2ccccc12. The fourth-order valence-electron chi connectivity index (χ4n) is 2.21. The highest BCUT2D eigenvalue weighted by Crippen LogP contribution is 2.36. The number of aromatic nitrogens is 1. The van der Waals surface area contributed by atoms with Crippen molar-refractivity contribution in [3.63, 3.8) is 0 Å². The molecule has 3 nitrogen and oxygen atoms in total. The van der Waals surface area contributed by atoms with E-state index in [9.17, 15) is 4.79 Å². The van der Waals surface area contributed by atoms with Crippen molar-refractivity contribution < 1.29 is 9.53 Å². The van der Waals surface area contributed by atoms with Gasteiger partial charge in [0.15, 0.2) is 0 Å². The van der Waals surface area contributed by atoms with Gasteiger partial charge in [-0.3, -0.25) is 4.57 Å². The molecule has 0 aliphatic heterocycles. The number of benzene rings is 2. The van der Waals surface area contributed by atoms with Gasteiger partial charge in [-0.25, -0.2) is 4.79 Å². The molecule has 0 amide bonds. The highest BCUT2D eigenvalue weighted by Gasteiger charge is 2.32. The van der Waals surface area contributed by atoms with Crippen LogP contribution in [0.1, 0.15) is 11.1 Å². The van der Waals surface area contributed by atoms with Gasteiger partial charge in [0, 0.05) is 24.1 Å². The number of hydrogen-bond acceptors (Lipinski definition) is 2. The van der Waals surface area contributed by atoms with Crippen LogP contribution < -0.4 is 0 Å².